The Balaban J connectivity index is 1.70. The van der Waals surface area contributed by atoms with Gasteiger partial charge in [0.15, 0.2) is 6.23 Å². The molecule has 2 aromatic rings. The van der Waals surface area contributed by atoms with E-state index in [1.807, 2.05) is 16.8 Å². The molecular formula is C21H33ClN3O5Si2. The van der Waals surface area contributed by atoms with Crippen molar-refractivity contribution < 1.29 is 22.4 Å². The van der Waals surface area contributed by atoms with Crippen LogP contribution in [0.2, 0.25) is 21.8 Å². The Morgan fingerprint density at radius 2 is 1.91 bits per heavy atom. The molecule has 0 bridgehead atoms. The van der Waals surface area contributed by atoms with Gasteiger partial charge in [-0.25, -0.2) is 9.97 Å². The molecule has 0 amide bonds. The number of halogens is 1. The average Bonchev–Trinajstić information content (AvgIpc) is 3.29. The first-order chi connectivity index (χ1) is 15.2. The van der Waals surface area contributed by atoms with E-state index in [0.717, 1.165) is 5.39 Å². The third-order valence-corrected chi connectivity index (χ3v) is 14.0. The fourth-order valence-corrected chi connectivity index (χ4v) is 12.6. The predicted molar refractivity (Wildman–Crippen MR) is 126 cm³/mol. The molecule has 11 heteroatoms. The smallest absolute Gasteiger partial charge is 0.378 e. The zero-order chi connectivity index (χ0) is 23.2. The first-order valence-electron chi connectivity index (χ1n) is 11.2. The molecule has 4 atom stereocenters. The van der Waals surface area contributed by atoms with Gasteiger partial charge in [-0.2, -0.15) is 0 Å². The lowest BCUT2D eigenvalue weighted by Crippen LogP contribution is -2.58. The van der Waals surface area contributed by atoms with Crippen LogP contribution in [0.4, 0.5) is 0 Å². The molecule has 0 N–H and O–H groups in total. The molecule has 0 spiro atoms. The highest BCUT2D eigenvalue weighted by atomic mass is 35.5. The fraction of sp³-hybridized carbons (Fsp3) is 0.714. The van der Waals surface area contributed by atoms with Gasteiger partial charge in [-0.15, -0.1) is 0 Å². The van der Waals surface area contributed by atoms with Gasteiger partial charge >= 0.3 is 17.8 Å². The van der Waals surface area contributed by atoms with E-state index < -0.39 is 24.1 Å². The zero-order valence-corrected chi connectivity index (χ0v) is 22.5. The Kier molecular flexibility index (Phi) is 7.14. The number of hydrogen-bond donors (Lipinski definition) is 0. The van der Waals surface area contributed by atoms with Crippen molar-refractivity contribution >= 4 is 40.5 Å². The summed E-state index contributed by atoms with van der Waals surface area (Å²) in [6.07, 6.45) is 2.02. The van der Waals surface area contributed by atoms with Crippen LogP contribution in [-0.4, -0.2) is 64.4 Å². The van der Waals surface area contributed by atoms with E-state index in [4.69, 9.17) is 34.0 Å². The van der Waals surface area contributed by atoms with Crippen molar-refractivity contribution in [1.82, 2.24) is 14.5 Å². The molecule has 0 aromatic carbocycles. The summed E-state index contributed by atoms with van der Waals surface area (Å²) in [6.45, 7) is 13.5. The Bertz CT molecular complexity index is 935. The summed E-state index contributed by atoms with van der Waals surface area (Å²) in [7, 11) is -2.47. The second kappa shape index (κ2) is 9.42. The van der Waals surface area contributed by atoms with Crippen LogP contribution in [0.1, 0.15) is 47.8 Å². The number of hydrogen-bond acceptors (Lipinski definition) is 7. The molecule has 177 valence electrons. The van der Waals surface area contributed by atoms with Gasteiger partial charge in [0.2, 0.25) is 0 Å². The highest BCUT2D eigenvalue weighted by Gasteiger charge is 2.55. The van der Waals surface area contributed by atoms with Gasteiger partial charge in [0.05, 0.1) is 12.0 Å². The summed E-state index contributed by atoms with van der Waals surface area (Å²) in [5, 5.41) is 1.19. The summed E-state index contributed by atoms with van der Waals surface area (Å²) in [6, 6.07) is 1.90. The van der Waals surface area contributed by atoms with Gasteiger partial charge in [0.1, 0.15) is 35.4 Å². The molecule has 0 aliphatic carbocycles. The van der Waals surface area contributed by atoms with Gasteiger partial charge in [-0.05, 0) is 22.7 Å². The Labute approximate surface area is 197 Å². The second-order valence-electron chi connectivity index (χ2n) is 9.39. The SMILES string of the molecule is CO[C@@H]1[C@@H]2O[Si](C(C)C)O[Si](C(C)C)(C(C)C)OC[C@H]2O[C@H]1n1ccc2c(Cl)ncnc21. The van der Waals surface area contributed by atoms with Crippen molar-refractivity contribution in [2.75, 3.05) is 13.7 Å². The molecule has 2 fully saturated rings. The van der Waals surface area contributed by atoms with Crippen molar-refractivity contribution in [2.24, 2.45) is 0 Å². The van der Waals surface area contributed by atoms with E-state index in [-0.39, 0.29) is 23.9 Å². The minimum Gasteiger partial charge on any atom is -0.413 e. The molecule has 2 saturated heterocycles. The van der Waals surface area contributed by atoms with Crippen LogP contribution in [0.25, 0.3) is 11.0 Å². The van der Waals surface area contributed by atoms with E-state index in [0.29, 0.717) is 28.5 Å². The van der Waals surface area contributed by atoms with Gasteiger partial charge in [0, 0.05) is 13.3 Å². The van der Waals surface area contributed by atoms with Gasteiger partial charge in [0.25, 0.3) is 0 Å². The monoisotopic (exact) mass is 498 g/mol. The molecule has 8 nitrogen and oxygen atoms in total. The van der Waals surface area contributed by atoms with Crippen molar-refractivity contribution in [1.29, 1.82) is 0 Å². The van der Waals surface area contributed by atoms with Crippen LogP contribution in [0.5, 0.6) is 0 Å². The van der Waals surface area contributed by atoms with Crippen molar-refractivity contribution in [3.63, 3.8) is 0 Å². The lowest BCUT2D eigenvalue weighted by Gasteiger charge is -2.44. The van der Waals surface area contributed by atoms with Crippen LogP contribution < -0.4 is 0 Å². The largest absolute Gasteiger partial charge is 0.413 e. The highest BCUT2D eigenvalue weighted by Crippen LogP contribution is 2.43. The number of methoxy groups -OCH3 is 1. The number of fused-ring (bicyclic) bond motifs is 2. The highest BCUT2D eigenvalue weighted by molar-refractivity contribution is 6.76. The maximum absolute atomic E-state index is 6.82. The summed E-state index contributed by atoms with van der Waals surface area (Å²) >= 11 is 6.27. The molecule has 0 saturated carbocycles. The molecule has 4 heterocycles. The van der Waals surface area contributed by atoms with E-state index in [2.05, 4.69) is 51.5 Å². The summed E-state index contributed by atoms with van der Waals surface area (Å²) in [5.74, 6) is 0. The summed E-state index contributed by atoms with van der Waals surface area (Å²) < 4.78 is 34.6. The molecule has 4 rings (SSSR count). The minimum absolute atomic E-state index is 0.252. The number of rotatable bonds is 5. The Hall–Kier alpha value is -0.856. The molecule has 1 radical (unpaired) electrons. The first kappa shape index (κ1) is 24.3. The molecule has 0 unspecified atom stereocenters. The van der Waals surface area contributed by atoms with Gasteiger partial charge in [-0.1, -0.05) is 53.1 Å². The molecule has 2 aliphatic heterocycles. The maximum atomic E-state index is 6.82. The summed E-state index contributed by atoms with van der Waals surface area (Å²) in [4.78, 5) is 8.51. The van der Waals surface area contributed by atoms with Crippen molar-refractivity contribution in [3.8, 4) is 0 Å². The van der Waals surface area contributed by atoms with Crippen molar-refractivity contribution in [2.45, 2.75) is 82.7 Å². The van der Waals surface area contributed by atoms with Crippen LogP contribution >= 0.6 is 11.6 Å². The molecule has 32 heavy (non-hydrogen) atoms. The number of ether oxygens (including phenoxy) is 2. The third kappa shape index (κ3) is 4.09. The van der Waals surface area contributed by atoms with Crippen LogP contribution in [0.15, 0.2) is 18.6 Å². The van der Waals surface area contributed by atoms with Crippen LogP contribution in [-0.2, 0) is 22.4 Å². The number of nitrogens with zero attached hydrogens (tertiary/aromatic N) is 3. The topological polar surface area (TPSA) is 76.9 Å². The first-order valence-corrected chi connectivity index (χ1v) is 15.0. The normalized spacial score (nSPS) is 29.1. The average molecular weight is 499 g/mol. The molecular weight excluding hydrogens is 466 g/mol. The number of aromatic nitrogens is 3. The van der Waals surface area contributed by atoms with Crippen LogP contribution in [0.3, 0.4) is 0 Å². The Morgan fingerprint density at radius 1 is 1.19 bits per heavy atom. The second-order valence-corrected chi connectivity index (χ2v) is 16.6. The van der Waals surface area contributed by atoms with Crippen LogP contribution in [0, 0.1) is 0 Å². The third-order valence-electron chi connectivity index (χ3n) is 6.36. The lowest BCUT2D eigenvalue weighted by molar-refractivity contribution is -0.0592. The van der Waals surface area contributed by atoms with Crippen molar-refractivity contribution in [3.05, 3.63) is 23.7 Å². The molecule has 2 aliphatic rings. The maximum Gasteiger partial charge on any atom is 0.378 e. The Morgan fingerprint density at radius 3 is 2.53 bits per heavy atom. The van der Waals surface area contributed by atoms with Gasteiger partial charge < -0.3 is 27.0 Å². The molecule has 2 aromatic heterocycles. The van der Waals surface area contributed by atoms with E-state index >= 15 is 0 Å². The van der Waals surface area contributed by atoms with E-state index in [1.165, 1.54) is 6.33 Å². The summed E-state index contributed by atoms with van der Waals surface area (Å²) in [5.41, 5.74) is 1.54. The van der Waals surface area contributed by atoms with E-state index in [1.54, 1.807) is 7.11 Å². The van der Waals surface area contributed by atoms with Gasteiger partial charge in [-0.3, -0.25) is 0 Å². The zero-order valence-electron chi connectivity index (χ0n) is 19.7. The lowest BCUT2D eigenvalue weighted by atomic mass is 10.1. The predicted octanol–water partition coefficient (Wildman–Crippen LogP) is 4.59. The minimum atomic E-state index is -2.52. The quantitative estimate of drug-likeness (QED) is 0.440. The fourth-order valence-electron chi connectivity index (χ4n) is 4.65. The standard InChI is InChI=1S/C21H33ClN3O5Si2/c1-12(2)31-29-17-16(10-27-32(30-31,13(3)4)14(5)6)28-21(18(17)26-7)25-9-8-15-19(22)23-11-24-20(15)25/h8-9,11-14,16-18,21H,10H2,1-7H3/t16-,17-,18-,21-/m1/s1. The van der Waals surface area contributed by atoms with E-state index in [9.17, 15) is 0 Å².